The summed E-state index contributed by atoms with van der Waals surface area (Å²) in [6.07, 6.45) is 0.00302. The molecule has 0 aromatic heterocycles. The Balaban J connectivity index is 2.05. The summed E-state index contributed by atoms with van der Waals surface area (Å²) in [5, 5.41) is 12.1. The molecule has 0 aliphatic heterocycles. The number of anilines is 1. The highest BCUT2D eigenvalue weighted by Crippen LogP contribution is 2.32. The lowest BCUT2D eigenvalue weighted by Crippen LogP contribution is -2.03. The highest BCUT2D eigenvalue weighted by molar-refractivity contribution is 9.10. The highest BCUT2D eigenvalue weighted by Gasteiger charge is 2.08. The van der Waals surface area contributed by atoms with Gasteiger partial charge >= 0.3 is 5.97 Å². The van der Waals surface area contributed by atoms with Gasteiger partial charge in [0.1, 0.15) is 5.82 Å². The van der Waals surface area contributed by atoms with Gasteiger partial charge in [-0.25, -0.2) is 4.39 Å². The topological polar surface area (TPSA) is 49.3 Å². The Bertz CT molecular complexity index is 638. The van der Waals surface area contributed by atoms with Gasteiger partial charge in [0, 0.05) is 11.0 Å². The van der Waals surface area contributed by atoms with Crippen LogP contribution in [0, 0.1) is 5.82 Å². The summed E-state index contributed by atoms with van der Waals surface area (Å²) >= 11 is 9.24. The third-order valence-corrected chi connectivity index (χ3v) is 3.78. The van der Waals surface area contributed by atoms with Crippen LogP contribution in [0.5, 0.6) is 0 Å². The number of carbonyl (C=O) groups is 1. The van der Waals surface area contributed by atoms with Gasteiger partial charge in [-0.05, 0) is 39.2 Å². The number of hydrogen-bond donors (Lipinski definition) is 2. The molecule has 2 rings (SSSR count). The molecular weight excluding hydrogens is 361 g/mol. The maximum absolute atomic E-state index is 13.1. The van der Waals surface area contributed by atoms with Crippen molar-refractivity contribution in [2.45, 2.75) is 13.0 Å². The van der Waals surface area contributed by atoms with Crippen molar-refractivity contribution in [3.8, 4) is 0 Å². The second-order valence-corrected chi connectivity index (χ2v) is 5.75. The van der Waals surface area contributed by atoms with Crippen LogP contribution in [0.3, 0.4) is 0 Å². The summed E-state index contributed by atoms with van der Waals surface area (Å²) in [6.45, 7) is 0.497. The molecule has 3 nitrogen and oxygen atoms in total. The number of hydrogen-bond acceptors (Lipinski definition) is 2. The zero-order valence-corrected chi connectivity index (χ0v) is 13.2. The van der Waals surface area contributed by atoms with Crippen LogP contribution in [0.2, 0.25) is 5.02 Å². The van der Waals surface area contributed by atoms with Gasteiger partial charge in [-0.1, -0.05) is 35.9 Å². The van der Waals surface area contributed by atoms with Crippen LogP contribution in [0.25, 0.3) is 0 Å². The second kappa shape index (κ2) is 6.91. The molecule has 0 fully saturated rings. The van der Waals surface area contributed by atoms with Gasteiger partial charge in [-0.2, -0.15) is 0 Å². The molecule has 0 heterocycles. The first-order chi connectivity index (χ1) is 9.95. The number of aliphatic carboxylic acids is 1. The Hall–Kier alpha value is -1.59. The fraction of sp³-hybridized carbons (Fsp3) is 0.133. The summed E-state index contributed by atoms with van der Waals surface area (Å²) in [6, 6.07) is 9.81. The molecule has 0 atom stereocenters. The molecule has 2 N–H and O–H groups in total. The predicted molar refractivity (Wildman–Crippen MR) is 84.2 cm³/mol. The van der Waals surface area contributed by atoms with Crippen molar-refractivity contribution in [1.82, 2.24) is 0 Å². The normalized spacial score (nSPS) is 10.4. The molecule has 2 aromatic carbocycles. The summed E-state index contributed by atoms with van der Waals surface area (Å²) in [7, 11) is 0. The summed E-state index contributed by atoms with van der Waals surface area (Å²) in [5.41, 5.74) is 2.33. The summed E-state index contributed by atoms with van der Waals surface area (Å²) < 4.78 is 13.7. The van der Waals surface area contributed by atoms with Crippen LogP contribution >= 0.6 is 27.5 Å². The molecule has 0 unspecified atom stereocenters. The molecule has 6 heteroatoms. The Kier molecular flexibility index (Phi) is 5.20. The van der Waals surface area contributed by atoms with E-state index in [1.807, 2.05) is 12.1 Å². The molecule has 0 spiro atoms. The summed E-state index contributed by atoms with van der Waals surface area (Å²) in [4.78, 5) is 10.6. The maximum Gasteiger partial charge on any atom is 0.307 e. The van der Waals surface area contributed by atoms with Gasteiger partial charge in [0.15, 0.2) is 0 Å². The molecule has 2 aromatic rings. The van der Waals surface area contributed by atoms with Crippen LogP contribution in [-0.4, -0.2) is 11.1 Å². The number of benzene rings is 2. The summed E-state index contributed by atoms with van der Waals surface area (Å²) in [5.74, 6) is -1.27. The molecule has 110 valence electrons. The van der Waals surface area contributed by atoms with Crippen LogP contribution in [0.4, 0.5) is 10.1 Å². The Morgan fingerprint density at radius 2 is 1.86 bits per heavy atom. The van der Waals surface area contributed by atoms with E-state index >= 15 is 0 Å². The van der Waals surface area contributed by atoms with Gasteiger partial charge in [0.2, 0.25) is 0 Å². The minimum absolute atomic E-state index is 0.00302. The van der Waals surface area contributed by atoms with Gasteiger partial charge < -0.3 is 10.4 Å². The monoisotopic (exact) mass is 371 g/mol. The van der Waals surface area contributed by atoms with Crippen molar-refractivity contribution in [3.63, 3.8) is 0 Å². The van der Waals surface area contributed by atoms with Crippen LogP contribution < -0.4 is 5.32 Å². The van der Waals surface area contributed by atoms with Crippen molar-refractivity contribution >= 4 is 39.2 Å². The molecule has 0 radical (unpaired) electrons. The third kappa shape index (κ3) is 4.44. The Morgan fingerprint density at radius 1 is 1.24 bits per heavy atom. The standard InChI is InChI=1S/C15H12BrClFNO2/c16-12-6-11(18)7-13(17)15(12)19-8-10-3-1-9(2-4-10)5-14(20)21/h1-4,6-7,19H,5,8H2,(H,20,21). The maximum atomic E-state index is 13.1. The van der Waals surface area contributed by atoms with E-state index in [1.54, 1.807) is 12.1 Å². The molecule has 0 aliphatic carbocycles. The average Bonchev–Trinajstić information content (AvgIpc) is 2.38. The lowest BCUT2D eigenvalue weighted by Gasteiger charge is -2.11. The van der Waals surface area contributed by atoms with Crippen molar-refractivity contribution < 1.29 is 14.3 Å². The van der Waals surface area contributed by atoms with E-state index in [0.717, 1.165) is 11.1 Å². The lowest BCUT2D eigenvalue weighted by molar-refractivity contribution is -0.136. The minimum Gasteiger partial charge on any atom is -0.481 e. The number of halogens is 3. The molecule has 0 bridgehead atoms. The Labute approximate surface area is 134 Å². The largest absolute Gasteiger partial charge is 0.481 e. The third-order valence-electron chi connectivity index (χ3n) is 2.85. The van der Waals surface area contributed by atoms with Gasteiger partial charge in [-0.15, -0.1) is 0 Å². The molecule has 0 amide bonds. The minimum atomic E-state index is -0.858. The van der Waals surface area contributed by atoms with Crippen LogP contribution in [0.15, 0.2) is 40.9 Å². The van der Waals surface area contributed by atoms with E-state index in [1.165, 1.54) is 12.1 Å². The van der Waals surface area contributed by atoms with Crippen molar-refractivity contribution in [2.75, 3.05) is 5.32 Å². The SMILES string of the molecule is O=C(O)Cc1ccc(CNc2c(Cl)cc(F)cc2Br)cc1. The van der Waals surface area contributed by atoms with E-state index in [9.17, 15) is 9.18 Å². The predicted octanol–water partition coefficient (Wildman–Crippen LogP) is 4.48. The van der Waals surface area contributed by atoms with Gasteiger partial charge in [0.25, 0.3) is 0 Å². The van der Waals surface area contributed by atoms with Crippen molar-refractivity contribution in [2.24, 2.45) is 0 Å². The first-order valence-electron chi connectivity index (χ1n) is 6.13. The number of carboxylic acids is 1. The van der Waals surface area contributed by atoms with E-state index in [4.69, 9.17) is 16.7 Å². The lowest BCUT2D eigenvalue weighted by atomic mass is 10.1. The number of carboxylic acid groups (broad SMARTS) is 1. The van der Waals surface area contributed by atoms with Gasteiger partial charge in [-0.3, -0.25) is 4.79 Å². The number of rotatable bonds is 5. The molecule has 0 aliphatic rings. The van der Waals surface area contributed by atoms with Crippen LogP contribution in [-0.2, 0) is 17.8 Å². The first kappa shape index (κ1) is 15.8. The quantitative estimate of drug-likeness (QED) is 0.813. The molecule has 0 saturated carbocycles. The van der Waals surface area contributed by atoms with Crippen molar-refractivity contribution in [1.29, 1.82) is 0 Å². The molecule has 21 heavy (non-hydrogen) atoms. The molecule has 0 saturated heterocycles. The van der Waals surface area contributed by atoms with E-state index < -0.39 is 11.8 Å². The Morgan fingerprint density at radius 3 is 2.43 bits per heavy atom. The zero-order valence-electron chi connectivity index (χ0n) is 10.9. The van der Waals surface area contributed by atoms with Crippen LogP contribution in [0.1, 0.15) is 11.1 Å². The zero-order chi connectivity index (χ0) is 15.4. The van der Waals surface area contributed by atoms with E-state index in [2.05, 4.69) is 21.2 Å². The fourth-order valence-electron chi connectivity index (χ4n) is 1.85. The molecular formula is C15H12BrClFNO2. The number of nitrogens with one attached hydrogen (secondary N) is 1. The van der Waals surface area contributed by atoms with E-state index in [-0.39, 0.29) is 6.42 Å². The van der Waals surface area contributed by atoms with Crippen molar-refractivity contribution in [3.05, 3.63) is 62.8 Å². The second-order valence-electron chi connectivity index (χ2n) is 4.49. The first-order valence-corrected chi connectivity index (χ1v) is 7.31. The van der Waals surface area contributed by atoms with Gasteiger partial charge in [0.05, 0.1) is 17.1 Å². The highest BCUT2D eigenvalue weighted by atomic mass is 79.9. The fourth-order valence-corrected chi connectivity index (χ4v) is 2.81. The average molecular weight is 373 g/mol. The van der Waals surface area contributed by atoms with E-state index in [0.29, 0.717) is 21.7 Å². The smallest absolute Gasteiger partial charge is 0.307 e.